The molecule has 0 saturated carbocycles. The zero-order chi connectivity index (χ0) is 34.7. The normalized spacial score (nSPS) is 14.1. The van der Waals surface area contributed by atoms with Crippen LogP contribution in [0.15, 0.2) is 188 Å². The number of para-hydroxylation sites is 3. The van der Waals surface area contributed by atoms with Gasteiger partial charge in [0.25, 0.3) is 0 Å². The molecule has 0 amide bonds. The van der Waals surface area contributed by atoms with Gasteiger partial charge in [-0.3, -0.25) is 0 Å². The van der Waals surface area contributed by atoms with Crippen LogP contribution in [0, 0.1) is 0 Å². The van der Waals surface area contributed by atoms with E-state index in [2.05, 4.69) is 198 Å². The summed E-state index contributed by atoms with van der Waals surface area (Å²) in [5.74, 6) is 0. The molecule has 0 aliphatic carbocycles. The molecule has 53 heavy (non-hydrogen) atoms. The second kappa shape index (κ2) is 10.7. The van der Waals surface area contributed by atoms with Gasteiger partial charge in [-0.15, -0.1) is 0 Å². The lowest BCUT2D eigenvalue weighted by atomic mass is 9.27. The van der Waals surface area contributed by atoms with Crippen molar-refractivity contribution in [3.05, 3.63) is 221 Å². The van der Waals surface area contributed by atoms with Crippen molar-refractivity contribution in [2.45, 2.75) is 11.8 Å². The highest BCUT2D eigenvalue weighted by atomic mass is 15.2. The van der Waals surface area contributed by atoms with Crippen LogP contribution >= 0.6 is 0 Å². The van der Waals surface area contributed by atoms with Crippen LogP contribution in [0.25, 0.3) is 27.5 Å². The predicted molar refractivity (Wildman–Crippen MR) is 221 cm³/mol. The molecule has 246 valence electrons. The van der Waals surface area contributed by atoms with E-state index < -0.39 is 5.41 Å². The smallest absolute Gasteiger partial charge is 0.248 e. The molecule has 3 aliphatic heterocycles. The average molecular weight is 673 g/mol. The lowest BCUT2D eigenvalue weighted by molar-refractivity contribution is 0.748. The van der Waals surface area contributed by atoms with E-state index in [1.54, 1.807) is 0 Å². The molecule has 0 atom stereocenters. The van der Waals surface area contributed by atoms with E-state index in [0.717, 1.165) is 17.8 Å². The van der Waals surface area contributed by atoms with Gasteiger partial charge in [-0.1, -0.05) is 157 Å². The molecule has 2 nitrogen and oxygen atoms in total. The van der Waals surface area contributed by atoms with E-state index >= 15 is 0 Å². The lowest BCUT2D eigenvalue weighted by Crippen LogP contribution is -2.67. The van der Waals surface area contributed by atoms with Crippen molar-refractivity contribution in [1.82, 2.24) is 4.57 Å². The Morgan fingerprint density at radius 3 is 1.72 bits per heavy atom. The van der Waals surface area contributed by atoms with Crippen LogP contribution in [0.3, 0.4) is 0 Å². The minimum absolute atomic E-state index is 0.101. The zero-order valence-corrected chi connectivity index (χ0v) is 29.1. The Morgan fingerprint density at radius 1 is 0.453 bits per heavy atom. The topological polar surface area (TPSA) is 8.17 Å². The molecule has 3 aliphatic rings. The Hall–Kier alpha value is -6.58. The van der Waals surface area contributed by atoms with E-state index in [-0.39, 0.29) is 6.71 Å². The molecule has 0 radical (unpaired) electrons. The number of benzene rings is 8. The van der Waals surface area contributed by atoms with Gasteiger partial charge in [-0.25, -0.2) is 0 Å². The van der Waals surface area contributed by atoms with E-state index in [0.29, 0.717) is 0 Å². The second-order valence-electron chi connectivity index (χ2n) is 14.8. The van der Waals surface area contributed by atoms with Crippen molar-refractivity contribution >= 4 is 62.0 Å². The van der Waals surface area contributed by atoms with Gasteiger partial charge in [0.05, 0.1) is 22.3 Å². The molecule has 1 aromatic heterocycles. The first-order valence-corrected chi connectivity index (χ1v) is 18.7. The van der Waals surface area contributed by atoms with Crippen molar-refractivity contribution in [2.75, 3.05) is 4.90 Å². The maximum atomic E-state index is 2.65. The molecule has 3 heteroatoms. The van der Waals surface area contributed by atoms with Crippen LogP contribution in [0.4, 0.5) is 17.1 Å². The van der Waals surface area contributed by atoms with Crippen molar-refractivity contribution in [1.29, 1.82) is 0 Å². The van der Waals surface area contributed by atoms with Crippen LogP contribution in [0.5, 0.6) is 0 Å². The summed E-state index contributed by atoms with van der Waals surface area (Å²) in [7, 11) is 0. The molecule has 0 bridgehead atoms. The van der Waals surface area contributed by atoms with Gasteiger partial charge >= 0.3 is 0 Å². The maximum absolute atomic E-state index is 2.65. The summed E-state index contributed by atoms with van der Waals surface area (Å²) in [6.07, 6.45) is 0.927. The largest absolute Gasteiger partial charge is 0.308 e. The highest BCUT2D eigenvalue weighted by Gasteiger charge is 2.53. The maximum Gasteiger partial charge on any atom is 0.248 e. The van der Waals surface area contributed by atoms with Gasteiger partial charge in [0.2, 0.25) is 6.71 Å². The number of hydrogen-bond acceptors (Lipinski definition) is 1. The molecule has 9 aromatic rings. The molecule has 0 fully saturated rings. The number of nitrogens with zero attached hydrogens (tertiary/aromatic N) is 2. The fraction of sp³-hybridized carbons (Fsp3) is 0.0400. The fourth-order valence-electron chi connectivity index (χ4n) is 10.4. The van der Waals surface area contributed by atoms with Gasteiger partial charge in [-0.05, 0) is 87.1 Å². The van der Waals surface area contributed by atoms with Gasteiger partial charge in [0, 0.05) is 27.7 Å². The van der Waals surface area contributed by atoms with E-state index in [9.17, 15) is 0 Å². The van der Waals surface area contributed by atoms with Crippen LogP contribution in [0.2, 0.25) is 0 Å². The third-order valence-electron chi connectivity index (χ3n) is 12.3. The molecule has 0 unspecified atom stereocenters. The highest BCUT2D eigenvalue weighted by molar-refractivity contribution is 7.00. The third-order valence-corrected chi connectivity index (χ3v) is 12.3. The minimum atomic E-state index is -0.525. The van der Waals surface area contributed by atoms with E-state index in [1.807, 2.05) is 0 Å². The Balaban J connectivity index is 1.34. The fourth-order valence-corrected chi connectivity index (χ4v) is 10.4. The lowest BCUT2D eigenvalue weighted by Gasteiger charge is -2.49. The summed E-state index contributed by atoms with van der Waals surface area (Å²) in [6, 6.07) is 70.2. The van der Waals surface area contributed by atoms with Gasteiger partial charge < -0.3 is 9.47 Å². The SMILES string of the molecule is c1ccc(N(c2ccccc2)c2ccc3c4c2-n2c5ccccc5c5ccc6c(c52)B4c2c(cccc2C3(c2ccccc2)c2ccccc2)C6)cc1. The monoisotopic (exact) mass is 672 g/mol. The van der Waals surface area contributed by atoms with Crippen molar-refractivity contribution in [3.8, 4) is 5.69 Å². The summed E-state index contributed by atoms with van der Waals surface area (Å²) in [4.78, 5) is 2.47. The molecule has 0 spiro atoms. The summed E-state index contributed by atoms with van der Waals surface area (Å²) < 4.78 is 2.65. The Morgan fingerprint density at radius 2 is 1.04 bits per heavy atom. The first-order chi connectivity index (χ1) is 26.3. The highest BCUT2D eigenvalue weighted by Crippen LogP contribution is 2.51. The Kier molecular flexibility index (Phi) is 5.88. The average Bonchev–Trinajstić information content (AvgIpc) is 3.57. The molecule has 4 heterocycles. The van der Waals surface area contributed by atoms with Gasteiger partial charge in [0.15, 0.2) is 0 Å². The van der Waals surface area contributed by atoms with Crippen molar-refractivity contribution in [3.63, 3.8) is 0 Å². The first-order valence-electron chi connectivity index (χ1n) is 18.7. The molecular formula is C50H33BN2. The quantitative estimate of drug-likeness (QED) is 0.165. The summed E-state index contributed by atoms with van der Waals surface area (Å²) in [5.41, 5.74) is 19.4. The number of anilines is 3. The van der Waals surface area contributed by atoms with Gasteiger partial charge in [0.1, 0.15) is 0 Å². The first kappa shape index (κ1) is 29.0. The molecule has 0 N–H and O–H groups in total. The number of rotatable bonds is 5. The van der Waals surface area contributed by atoms with Gasteiger partial charge in [-0.2, -0.15) is 0 Å². The van der Waals surface area contributed by atoms with Crippen molar-refractivity contribution < 1.29 is 0 Å². The summed E-state index contributed by atoms with van der Waals surface area (Å²) in [6.45, 7) is 0.101. The Bertz CT molecular complexity index is 2830. The summed E-state index contributed by atoms with van der Waals surface area (Å²) >= 11 is 0. The molecule has 12 rings (SSSR count). The number of hydrogen-bond donors (Lipinski definition) is 0. The van der Waals surface area contributed by atoms with Crippen LogP contribution in [-0.4, -0.2) is 11.3 Å². The predicted octanol–water partition coefficient (Wildman–Crippen LogP) is 9.68. The van der Waals surface area contributed by atoms with Crippen LogP contribution in [0.1, 0.15) is 33.4 Å². The van der Waals surface area contributed by atoms with Crippen LogP contribution < -0.4 is 21.3 Å². The summed E-state index contributed by atoms with van der Waals surface area (Å²) in [5, 5.41) is 2.63. The van der Waals surface area contributed by atoms with Crippen LogP contribution in [-0.2, 0) is 11.8 Å². The third kappa shape index (κ3) is 3.69. The minimum Gasteiger partial charge on any atom is -0.308 e. The van der Waals surface area contributed by atoms with Crippen molar-refractivity contribution in [2.24, 2.45) is 0 Å². The Labute approximate surface area is 309 Å². The number of aromatic nitrogens is 1. The second-order valence-corrected chi connectivity index (χ2v) is 14.8. The zero-order valence-electron chi connectivity index (χ0n) is 29.1. The standard InChI is InChI=1S/C50H33BN2/c1-5-17-35(18-6-1)50(36-19-7-2-8-20-36)41-26-15-16-33-32-34-28-29-40-39-25-13-14-27-43(39)53-48(40)46(34)51(45(33)41)47-42(50)30-31-44(49(47)53)52(37-21-9-3-10-22-37)38-23-11-4-12-24-38/h1-31H,32H2. The van der Waals surface area contributed by atoms with E-state index in [1.165, 1.54) is 82.9 Å². The molecule has 8 aromatic carbocycles. The molecular weight excluding hydrogens is 639 g/mol. The van der Waals surface area contributed by atoms with E-state index in [4.69, 9.17) is 0 Å². The number of fused-ring (bicyclic) bond motifs is 4. The molecule has 0 saturated heterocycles.